The number of guanidine groups is 1. The summed E-state index contributed by atoms with van der Waals surface area (Å²) in [5.74, 6) is 0.562. The lowest BCUT2D eigenvalue weighted by Crippen LogP contribution is -2.38. The van der Waals surface area contributed by atoms with Gasteiger partial charge in [0.25, 0.3) is 0 Å². The van der Waals surface area contributed by atoms with Crippen molar-refractivity contribution in [2.45, 2.75) is 13.3 Å². The number of morpholine rings is 1. The van der Waals surface area contributed by atoms with E-state index < -0.39 is 0 Å². The lowest BCUT2D eigenvalue weighted by Gasteiger charge is -2.26. The largest absolute Gasteiger partial charge is 0.379 e. The van der Waals surface area contributed by atoms with Crippen LogP contribution in [0.3, 0.4) is 0 Å². The van der Waals surface area contributed by atoms with Gasteiger partial charge in [-0.1, -0.05) is 6.92 Å². The van der Waals surface area contributed by atoms with E-state index >= 15 is 0 Å². The molecule has 0 amide bonds. The summed E-state index contributed by atoms with van der Waals surface area (Å²) in [7, 11) is 2.09. The molecule has 0 aromatic rings. The number of hydrogen-bond donors (Lipinski definition) is 2. The summed E-state index contributed by atoms with van der Waals surface area (Å²) in [6.07, 6.45) is 1.05. The Morgan fingerprint density at radius 3 is 2.84 bits per heavy atom. The van der Waals surface area contributed by atoms with Crippen LogP contribution in [0.2, 0.25) is 0 Å². The van der Waals surface area contributed by atoms with Crippen molar-refractivity contribution >= 4 is 5.96 Å². The van der Waals surface area contributed by atoms with Gasteiger partial charge in [0.1, 0.15) is 0 Å². The highest BCUT2D eigenvalue weighted by molar-refractivity contribution is 5.77. The van der Waals surface area contributed by atoms with Gasteiger partial charge in [0.2, 0.25) is 0 Å². The standard InChI is InChI=1S/C13H29N5O/c1-3-17(2)8-6-16-13(14)15-5-4-7-18-9-11-19-12-10-18/h3-12H2,1-2H3,(H3,14,15,16). The molecule has 0 aromatic heterocycles. The smallest absolute Gasteiger partial charge is 0.188 e. The van der Waals surface area contributed by atoms with E-state index in [-0.39, 0.29) is 0 Å². The monoisotopic (exact) mass is 271 g/mol. The Bertz CT molecular complexity index is 253. The van der Waals surface area contributed by atoms with E-state index in [2.05, 4.69) is 34.1 Å². The normalized spacial score (nSPS) is 17.9. The van der Waals surface area contributed by atoms with Crippen molar-refractivity contribution < 1.29 is 4.74 Å². The van der Waals surface area contributed by atoms with E-state index in [9.17, 15) is 0 Å². The predicted molar refractivity (Wildman–Crippen MR) is 79.5 cm³/mol. The van der Waals surface area contributed by atoms with Gasteiger partial charge in [0.05, 0.1) is 13.2 Å². The van der Waals surface area contributed by atoms with Crippen molar-refractivity contribution in [3.63, 3.8) is 0 Å². The summed E-state index contributed by atoms with van der Waals surface area (Å²) in [5.41, 5.74) is 5.81. The molecule has 0 aliphatic carbocycles. The van der Waals surface area contributed by atoms with Crippen molar-refractivity contribution in [3.8, 4) is 0 Å². The van der Waals surface area contributed by atoms with Crippen molar-refractivity contribution in [2.24, 2.45) is 10.7 Å². The molecule has 0 spiro atoms. The minimum Gasteiger partial charge on any atom is -0.379 e. The Hall–Kier alpha value is -0.850. The first kappa shape index (κ1) is 16.2. The van der Waals surface area contributed by atoms with Gasteiger partial charge in [0, 0.05) is 39.3 Å². The third-order valence-corrected chi connectivity index (χ3v) is 3.36. The molecule has 112 valence electrons. The van der Waals surface area contributed by atoms with Crippen molar-refractivity contribution in [1.29, 1.82) is 0 Å². The molecule has 1 saturated heterocycles. The fourth-order valence-electron chi connectivity index (χ4n) is 1.91. The third-order valence-electron chi connectivity index (χ3n) is 3.36. The van der Waals surface area contributed by atoms with E-state index in [0.717, 1.165) is 65.4 Å². The van der Waals surface area contributed by atoms with Crippen LogP contribution in [0.15, 0.2) is 4.99 Å². The molecule has 1 fully saturated rings. The number of hydrogen-bond acceptors (Lipinski definition) is 4. The zero-order valence-corrected chi connectivity index (χ0v) is 12.4. The molecule has 0 atom stereocenters. The number of rotatable bonds is 8. The van der Waals surface area contributed by atoms with Gasteiger partial charge < -0.3 is 20.7 Å². The molecule has 0 bridgehead atoms. The number of nitrogens with two attached hydrogens (primary N) is 1. The molecule has 6 nitrogen and oxygen atoms in total. The zero-order valence-electron chi connectivity index (χ0n) is 12.4. The highest BCUT2D eigenvalue weighted by atomic mass is 16.5. The van der Waals surface area contributed by atoms with Gasteiger partial charge in [-0.25, -0.2) is 0 Å². The maximum Gasteiger partial charge on any atom is 0.188 e. The maximum absolute atomic E-state index is 5.81. The molecular weight excluding hydrogens is 242 g/mol. The SMILES string of the molecule is CCN(C)CCNC(N)=NCCCN1CCOCC1. The molecule has 1 aliphatic rings. The lowest BCUT2D eigenvalue weighted by molar-refractivity contribution is 0.0377. The Labute approximate surface area is 117 Å². The van der Waals surface area contributed by atoms with Crippen molar-refractivity contribution in [1.82, 2.24) is 15.1 Å². The second kappa shape index (κ2) is 10.00. The van der Waals surface area contributed by atoms with E-state index in [1.54, 1.807) is 0 Å². The van der Waals surface area contributed by atoms with Gasteiger partial charge in [0.15, 0.2) is 5.96 Å². The van der Waals surface area contributed by atoms with Crippen LogP contribution in [0.1, 0.15) is 13.3 Å². The number of nitrogens with one attached hydrogen (secondary N) is 1. The quantitative estimate of drug-likeness (QED) is 0.356. The highest BCUT2D eigenvalue weighted by Crippen LogP contribution is 1.97. The van der Waals surface area contributed by atoms with Gasteiger partial charge in [-0.3, -0.25) is 9.89 Å². The molecule has 0 aromatic carbocycles. The topological polar surface area (TPSA) is 66.1 Å². The first-order valence-corrected chi connectivity index (χ1v) is 7.24. The van der Waals surface area contributed by atoms with Crippen molar-refractivity contribution in [3.05, 3.63) is 0 Å². The summed E-state index contributed by atoms with van der Waals surface area (Å²) >= 11 is 0. The Balaban J connectivity index is 2.00. The predicted octanol–water partition coefficient (Wildman–Crippen LogP) is -0.435. The van der Waals surface area contributed by atoms with Gasteiger partial charge in [-0.2, -0.15) is 0 Å². The molecular formula is C13H29N5O. The molecule has 1 heterocycles. The van der Waals surface area contributed by atoms with E-state index in [1.165, 1.54) is 0 Å². The number of nitrogens with zero attached hydrogens (tertiary/aromatic N) is 3. The van der Waals surface area contributed by atoms with E-state index in [0.29, 0.717) is 5.96 Å². The van der Waals surface area contributed by atoms with Crippen molar-refractivity contribution in [2.75, 3.05) is 66.1 Å². The first-order valence-electron chi connectivity index (χ1n) is 7.24. The Morgan fingerprint density at radius 2 is 2.16 bits per heavy atom. The minimum absolute atomic E-state index is 0.562. The van der Waals surface area contributed by atoms with Crippen LogP contribution >= 0.6 is 0 Å². The minimum atomic E-state index is 0.562. The summed E-state index contributed by atoms with van der Waals surface area (Å²) in [5, 5.41) is 3.14. The van der Waals surface area contributed by atoms with Crippen LogP contribution in [-0.2, 0) is 4.74 Å². The molecule has 0 saturated carbocycles. The molecule has 3 N–H and O–H groups in total. The highest BCUT2D eigenvalue weighted by Gasteiger charge is 2.08. The molecule has 6 heteroatoms. The summed E-state index contributed by atoms with van der Waals surface area (Å²) in [6, 6.07) is 0. The maximum atomic E-state index is 5.81. The lowest BCUT2D eigenvalue weighted by atomic mass is 10.3. The first-order chi connectivity index (χ1) is 9.22. The zero-order chi connectivity index (χ0) is 13.9. The molecule has 19 heavy (non-hydrogen) atoms. The van der Waals surface area contributed by atoms with Crippen LogP contribution in [0, 0.1) is 0 Å². The van der Waals surface area contributed by atoms with Gasteiger partial charge >= 0.3 is 0 Å². The molecule has 0 unspecified atom stereocenters. The fourth-order valence-corrected chi connectivity index (χ4v) is 1.91. The number of aliphatic imine (C=N–C) groups is 1. The number of ether oxygens (including phenoxy) is 1. The van der Waals surface area contributed by atoms with Crippen LogP contribution in [0.25, 0.3) is 0 Å². The van der Waals surface area contributed by atoms with E-state index in [4.69, 9.17) is 10.5 Å². The Kier molecular flexibility index (Phi) is 8.53. The average molecular weight is 271 g/mol. The second-order valence-electron chi connectivity index (χ2n) is 4.90. The Morgan fingerprint density at radius 1 is 1.42 bits per heavy atom. The summed E-state index contributed by atoms with van der Waals surface area (Å²) in [4.78, 5) is 8.99. The molecule has 1 aliphatic heterocycles. The molecule has 1 rings (SSSR count). The van der Waals surface area contributed by atoms with Crippen LogP contribution in [-0.4, -0.2) is 81.8 Å². The van der Waals surface area contributed by atoms with Crippen LogP contribution in [0.5, 0.6) is 0 Å². The van der Waals surface area contributed by atoms with Crippen LogP contribution in [0.4, 0.5) is 0 Å². The van der Waals surface area contributed by atoms with E-state index in [1.807, 2.05) is 0 Å². The third kappa shape index (κ3) is 8.02. The second-order valence-corrected chi connectivity index (χ2v) is 4.90. The summed E-state index contributed by atoms with van der Waals surface area (Å²) < 4.78 is 5.31. The van der Waals surface area contributed by atoms with Crippen LogP contribution < -0.4 is 11.1 Å². The fraction of sp³-hybridized carbons (Fsp3) is 0.923. The average Bonchev–Trinajstić information content (AvgIpc) is 2.44. The van der Waals surface area contributed by atoms with Gasteiger partial charge in [-0.15, -0.1) is 0 Å². The van der Waals surface area contributed by atoms with Gasteiger partial charge in [-0.05, 0) is 20.0 Å². The molecule has 0 radical (unpaired) electrons. The summed E-state index contributed by atoms with van der Waals surface area (Å²) in [6.45, 7) is 10.7. The number of likely N-dealkylation sites (N-methyl/N-ethyl adjacent to an activating group) is 1.